The lowest BCUT2D eigenvalue weighted by molar-refractivity contribution is 0.102. The third-order valence-electron chi connectivity index (χ3n) is 5.19. The summed E-state index contributed by atoms with van der Waals surface area (Å²) < 4.78 is 5.43. The Hall–Kier alpha value is -3.67. The van der Waals surface area contributed by atoms with Crippen LogP contribution in [0.2, 0.25) is 0 Å². The number of fused-ring (bicyclic) bond motifs is 1. The number of rotatable bonds is 6. The number of aromatic nitrogens is 3. The van der Waals surface area contributed by atoms with Crippen molar-refractivity contribution < 1.29 is 9.53 Å². The first-order chi connectivity index (χ1) is 14.9. The zero-order valence-corrected chi connectivity index (χ0v) is 18.2. The lowest BCUT2D eigenvalue weighted by Crippen LogP contribution is -2.12. The van der Waals surface area contributed by atoms with Gasteiger partial charge in [0.05, 0.1) is 12.3 Å². The lowest BCUT2D eigenvalue weighted by atomic mass is 10.0. The minimum absolute atomic E-state index is 0.179. The van der Waals surface area contributed by atoms with Crippen molar-refractivity contribution in [1.82, 2.24) is 15.0 Å². The lowest BCUT2D eigenvalue weighted by Gasteiger charge is -2.09. The Balaban J connectivity index is 1.57. The first-order valence-corrected chi connectivity index (χ1v) is 10.5. The van der Waals surface area contributed by atoms with Crippen LogP contribution in [0.3, 0.4) is 0 Å². The summed E-state index contributed by atoms with van der Waals surface area (Å²) >= 11 is 0. The quantitative estimate of drug-likeness (QED) is 0.452. The van der Waals surface area contributed by atoms with Crippen molar-refractivity contribution >= 4 is 22.6 Å². The second kappa shape index (κ2) is 8.60. The number of hydrogen-bond acceptors (Lipinski definition) is 4. The molecule has 1 amide bonds. The Morgan fingerprint density at radius 2 is 1.65 bits per heavy atom. The van der Waals surface area contributed by atoms with Gasteiger partial charge in [0.1, 0.15) is 16.8 Å². The monoisotopic (exact) mass is 414 g/mol. The molecular weight excluding hydrogens is 388 g/mol. The van der Waals surface area contributed by atoms with Gasteiger partial charge < -0.3 is 10.1 Å². The van der Waals surface area contributed by atoms with Crippen LogP contribution in [-0.4, -0.2) is 27.5 Å². The summed E-state index contributed by atoms with van der Waals surface area (Å²) in [4.78, 5) is 14.3. The highest BCUT2D eigenvalue weighted by Crippen LogP contribution is 2.24. The summed E-state index contributed by atoms with van der Waals surface area (Å²) in [5.41, 5.74) is 5.89. The maximum absolute atomic E-state index is 12.7. The third kappa shape index (κ3) is 4.43. The molecule has 6 nitrogen and oxygen atoms in total. The molecule has 0 fully saturated rings. The maximum atomic E-state index is 12.7. The normalized spacial score (nSPS) is 11.1. The minimum atomic E-state index is -0.179. The summed E-state index contributed by atoms with van der Waals surface area (Å²) in [6.07, 6.45) is 0. The number of ether oxygens (including phenoxy) is 1. The second-order valence-electron chi connectivity index (χ2n) is 7.80. The molecule has 158 valence electrons. The van der Waals surface area contributed by atoms with E-state index in [9.17, 15) is 4.79 Å². The predicted molar refractivity (Wildman–Crippen MR) is 123 cm³/mol. The zero-order valence-electron chi connectivity index (χ0n) is 18.2. The maximum Gasteiger partial charge on any atom is 0.255 e. The van der Waals surface area contributed by atoms with Crippen LogP contribution in [0.15, 0.2) is 60.7 Å². The van der Waals surface area contributed by atoms with E-state index in [4.69, 9.17) is 4.74 Å². The van der Waals surface area contributed by atoms with Gasteiger partial charge in [-0.1, -0.05) is 26.0 Å². The fourth-order valence-electron chi connectivity index (χ4n) is 3.37. The van der Waals surface area contributed by atoms with Crippen LogP contribution in [0.5, 0.6) is 5.75 Å². The van der Waals surface area contributed by atoms with Crippen LogP contribution < -0.4 is 10.1 Å². The van der Waals surface area contributed by atoms with Gasteiger partial charge in [0.15, 0.2) is 0 Å². The molecule has 0 saturated carbocycles. The summed E-state index contributed by atoms with van der Waals surface area (Å²) in [6, 6.07) is 19.2. The van der Waals surface area contributed by atoms with E-state index in [2.05, 4.69) is 41.5 Å². The van der Waals surface area contributed by atoms with Gasteiger partial charge in [-0.2, -0.15) is 4.80 Å². The van der Waals surface area contributed by atoms with E-state index in [0.717, 1.165) is 28.0 Å². The number of aryl methyl sites for hydroxylation is 1. The molecule has 1 aromatic heterocycles. The number of carbonyl (C=O) groups excluding carboxylic acids is 1. The molecule has 0 saturated heterocycles. The zero-order chi connectivity index (χ0) is 22.0. The van der Waals surface area contributed by atoms with Crippen LogP contribution in [-0.2, 0) is 0 Å². The van der Waals surface area contributed by atoms with Crippen LogP contribution in [0.4, 0.5) is 5.69 Å². The Bertz CT molecular complexity index is 1210. The molecule has 0 aliphatic rings. The number of amides is 1. The Morgan fingerprint density at radius 1 is 1.00 bits per heavy atom. The predicted octanol–water partition coefficient (Wildman–Crippen LogP) is 5.50. The highest BCUT2D eigenvalue weighted by molar-refractivity contribution is 6.05. The van der Waals surface area contributed by atoms with Crippen LogP contribution >= 0.6 is 0 Å². The van der Waals surface area contributed by atoms with Gasteiger partial charge in [0.2, 0.25) is 0 Å². The topological polar surface area (TPSA) is 69.0 Å². The number of hydrogen-bond donors (Lipinski definition) is 1. The van der Waals surface area contributed by atoms with Gasteiger partial charge in [-0.25, -0.2) is 0 Å². The van der Waals surface area contributed by atoms with Gasteiger partial charge in [-0.3, -0.25) is 4.79 Å². The van der Waals surface area contributed by atoms with E-state index in [1.165, 1.54) is 5.56 Å². The molecule has 6 heteroatoms. The van der Waals surface area contributed by atoms with E-state index < -0.39 is 0 Å². The SMILES string of the molecule is CCOc1ccc(C(=O)Nc2cc3nn(-c4ccc(C(C)C)cc4)nc3cc2C)cc1. The fraction of sp³-hybridized carbons (Fsp3) is 0.240. The molecular formula is C25H26N4O2. The average Bonchev–Trinajstić information content (AvgIpc) is 3.17. The van der Waals surface area contributed by atoms with Gasteiger partial charge in [-0.05, 0) is 79.4 Å². The van der Waals surface area contributed by atoms with Gasteiger partial charge in [-0.15, -0.1) is 10.2 Å². The van der Waals surface area contributed by atoms with Crippen molar-refractivity contribution in [1.29, 1.82) is 0 Å². The van der Waals surface area contributed by atoms with Gasteiger partial charge in [0, 0.05) is 11.3 Å². The largest absolute Gasteiger partial charge is 0.494 e. The van der Waals surface area contributed by atoms with Crippen molar-refractivity contribution in [2.75, 3.05) is 11.9 Å². The first kappa shape index (κ1) is 20.6. The summed E-state index contributed by atoms with van der Waals surface area (Å²) in [6.45, 7) is 8.80. The molecule has 3 aromatic carbocycles. The summed E-state index contributed by atoms with van der Waals surface area (Å²) in [7, 11) is 0. The Kier molecular flexibility index (Phi) is 5.71. The number of benzene rings is 3. The Labute approximate surface area is 181 Å². The van der Waals surface area contributed by atoms with Crippen molar-refractivity contribution in [3.8, 4) is 11.4 Å². The molecule has 0 spiro atoms. The molecule has 0 atom stereocenters. The molecule has 31 heavy (non-hydrogen) atoms. The Morgan fingerprint density at radius 3 is 2.26 bits per heavy atom. The molecule has 4 rings (SSSR count). The van der Waals surface area contributed by atoms with Crippen LogP contribution in [0, 0.1) is 6.92 Å². The number of carbonyl (C=O) groups is 1. The molecule has 4 aromatic rings. The van der Waals surface area contributed by atoms with E-state index in [1.54, 1.807) is 29.1 Å². The molecule has 0 aliphatic heterocycles. The molecule has 0 bridgehead atoms. The van der Waals surface area contributed by atoms with E-state index in [0.29, 0.717) is 23.8 Å². The standard InChI is InChI=1S/C25H26N4O2/c1-5-31-21-12-8-19(9-13-21)25(30)26-22-15-24-23(14-17(22)4)27-29(28-24)20-10-6-18(7-11-20)16(2)3/h6-16H,5H2,1-4H3,(H,26,30). The van der Waals surface area contributed by atoms with Crippen LogP contribution in [0.1, 0.15) is 48.2 Å². The van der Waals surface area contributed by atoms with E-state index >= 15 is 0 Å². The second-order valence-corrected chi connectivity index (χ2v) is 7.80. The summed E-state index contributed by atoms with van der Waals surface area (Å²) in [5, 5.41) is 12.2. The third-order valence-corrected chi connectivity index (χ3v) is 5.19. The highest BCUT2D eigenvalue weighted by Gasteiger charge is 2.12. The van der Waals surface area contributed by atoms with Crippen molar-refractivity contribution in [2.45, 2.75) is 33.6 Å². The minimum Gasteiger partial charge on any atom is -0.494 e. The number of nitrogens with one attached hydrogen (secondary N) is 1. The number of nitrogens with zero attached hydrogens (tertiary/aromatic N) is 3. The van der Waals surface area contributed by atoms with Crippen molar-refractivity contribution in [3.63, 3.8) is 0 Å². The molecule has 1 heterocycles. The van der Waals surface area contributed by atoms with Gasteiger partial charge >= 0.3 is 0 Å². The highest BCUT2D eigenvalue weighted by atomic mass is 16.5. The van der Waals surface area contributed by atoms with E-state index in [-0.39, 0.29) is 5.91 Å². The van der Waals surface area contributed by atoms with E-state index in [1.807, 2.05) is 38.1 Å². The molecule has 1 N–H and O–H groups in total. The fourth-order valence-corrected chi connectivity index (χ4v) is 3.37. The summed E-state index contributed by atoms with van der Waals surface area (Å²) in [5.74, 6) is 1.04. The number of anilines is 1. The molecule has 0 aliphatic carbocycles. The van der Waals surface area contributed by atoms with Gasteiger partial charge in [0.25, 0.3) is 5.91 Å². The van der Waals surface area contributed by atoms with Crippen molar-refractivity contribution in [2.24, 2.45) is 0 Å². The first-order valence-electron chi connectivity index (χ1n) is 10.5. The van der Waals surface area contributed by atoms with Crippen molar-refractivity contribution in [3.05, 3.63) is 77.4 Å². The molecule has 0 radical (unpaired) electrons. The van der Waals surface area contributed by atoms with Crippen LogP contribution in [0.25, 0.3) is 16.7 Å². The average molecular weight is 415 g/mol. The molecule has 0 unspecified atom stereocenters. The smallest absolute Gasteiger partial charge is 0.255 e.